The van der Waals surface area contributed by atoms with Crippen LogP contribution in [0.25, 0.3) is 55.3 Å². The zero-order chi connectivity index (χ0) is 48.3. The van der Waals surface area contributed by atoms with Gasteiger partial charge in [0.15, 0.2) is 0 Å². The minimum Gasteiger partial charge on any atom is -0.309 e. The van der Waals surface area contributed by atoms with E-state index in [4.69, 9.17) is 0 Å². The van der Waals surface area contributed by atoms with Crippen LogP contribution in [0.15, 0.2) is 297 Å². The van der Waals surface area contributed by atoms with Gasteiger partial charge in [-0.1, -0.05) is 279 Å². The predicted octanol–water partition coefficient (Wildman–Crippen LogP) is 18.4. The van der Waals surface area contributed by atoms with Crippen molar-refractivity contribution in [3.05, 3.63) is 342 Å². The second-order valence-corrected chi connectivity index (χ2v) is 19.4. The summed E-state index contributed by atoms with van der Waals surface area (Å²) in [5, 5.41) is 2.44. The monoisotopic (exact) mass is 927 g/mol. The van der Waals surface area contributed by atoms with E-state index >= 15 is 0 Å². The fraction of sp³-hybridized carbons (Fsp3) is 0.0278. The van der Waals surface area contributed by atoms with Crippen LogP contribution in [0.1, 0.15) is 44.5 Å². The molecule has 0 aliphatic heterocycles. The van der Waals surface area contributed by atoms with E-state index in [0.29, 0.717) is 0 Å². The highest BCUT2D eigenvalue weighted by Gasteiger charge is 2.50. The summed E-state index contributed by atoms with van der Waals surface area (Å²) in [5.41, 5.74) is 21.9. The summed E-state index contributed by atoms with van der Waals surface area (Å²) < 4.78 is 0. The fourth-order valence-electron chi connectivity index (χ4n) is 13.0. The first-order valence-corrected chi connectivity index (χ1v) is 25.4. The van der Waals surface area contributed by atoms with Crippen molar-refractivity contribution in [2.75, 3.05) is 4.90 Å². The van der Waals surface area contributed by atoms with Crippen LogP contribution in [0.5, 0.6) is 0 Å². The summed E-state index contributed by atoms with van der Waals surface area (Å²) in [5.74, 6) is 0. The Morgan fingerprint density at radius 3 is 1.01 bits per heavy atom. The van der Waals surface area contributed by atoms with Crippen LogP contribution in [-0.2, 0) is 10.8 Å². The van der Waals surface area contributed by atoms with Gasteiger partial charge in [0.2, 0.25) is 0 Å². The first-order valence-electron chi connectivity index (χ1n) is 25.4. The van der Waals surface area contributed by atoms with E-state index in [0.717, 1.165) is 22.6 Å². The second kappa shape index (κ2) is 17.2. The first-order chi connectivity index (χ1) is 36.3. The maximum absolute atomic E-state index is 2.63. The Labute approximate surface area is 427 Å². The number of hydrogen-bond acceptors (Lipinski definition) is 1. The molecule has 0 N–H and O–H groups in total. The van der Waals surface area contributed by atoms with Crippen LogP contribution in [-0.4, -0.2) is 0 Å². The molecule has 14 rings (SSSR count). The van der Waals surface area contributed by atoms with Crippen molar-refractivity contribution >= 4 is 27.8 Å². The summed E-state index contributed by atoms with van der Waals surface area (Å²) in [6, 6.07) is 111. The lowest BCUT2D eigenvalue weighted by molar-refractivity contribution is 0.768. The van der Waals surface area contributed by atoms with Crippen molar-refractivity contribution in [1.29, 1.82) is 0 Å². The number of fused-ring (bicyclic) bond motifs is 7. The van der Waals surface area contributed by atoms with Gasteiger partial charge in [0, 0.05) is 16.7 Å². The molecule has 12 aromatic rings. The van der Waals surface area contributed by atoms with Crippen LogP contribution >= 0.6 is 0 Å². The molecule has 0 fully saturated rings. The Balaban J connectivity index is 1.13. The summed E-state index contributed by atoms with van der Waals surface area (Å²) >= 11 is 0. The largest absolute Gasteiger partial charge is 0.309 e. The van der Waals surface area contributed by atoms with E-state index in [-0.39, 0.29) is 0 Å². The number of para-hydroxylation sites is 1. The van der Waals surface area contributed by atoms with Gasteiger partial charge in [-0.15, -0.1) is 0 Å². The van der Waals surface area contributed by atoms with Crippen molar-refractivity contribution in [1.82, 2.24) is 0 Å². The fourth-order valence-corrected chi connectivity index (χ4v) is 13.0. The zero-order valence-electron chi connectivity index (χ0n) is 40.2. The van der Waals surface area contributed by atoms with Gasteiger partial charge in [0.05, 0.1) is 27.9 Å². The first kappa shape index (κ1) is 42.6. The number of nitrogens with zero attached hydrogens (tertiary/aromatic N) is 1. The van der Waals surface area contributed by atoms with E-state index in [1.807, 2.05) is 0 Å². The zero-order valence-corrected chi connectivity index (χ0v) is 40.2. The molecule has 1 heteroatoms. The minimum atomic E-state index is -0.586. The molecule has 1 nitrogen and oxygen atoms in total. The maximum atomic E-state index is 2.63. The van der Waals surface area contributed by atoms with Crippen LogP contribution in [0, 0.1) is 0 Å². The van der Waals surface area contributed by atoms with Gasteiger partial charge >= 0.3 is 0 Å². The van der Waals surface area contributed by atoms with Gasteiger partial charge in [-0.05, 0) is 101 Å². The summed E-state index contributed by atoms with van der Waals surface area (Å²) in [6.07, 6.45) is 0. The predicted molar refractivity (Wildman–Crippen MR) is 304 cm³/mol. The Bertz CT molecular complexity index is 3740. The van der Waals surface area contributed by atoms with Crippen molar-refractivity contribution < 1.29 is 0 Å². The lowest BCUT2D eigenvalue weighted by Crippen LogP contribution is -2.28. The average molecular weight is 928 g/mol. The van der Waals surface area contributed by atoms with E-state index in [9.17, 15) is 0 Å². The molecule has 0 saturated carbocycles. The third-order valence-electron chi connectivity index (χ3n) is 15.8. The maximum Gasteiger partial charge on any atom is 0.0714 e. The second-order valence-electron chi connectivity index (χ2n) is 19.4. The van der Waals surface area contributed by atoms with Crippen molar-refractivity contribution in [2.24, 2.45) is 0 Å². The summed E-state index contributed by atoms with van der Waals surface area (Å²) in [7, 11) is 0. The Morgan fingerprint density at radius 2 is 0.548 bits per heavy atom. The third kappa shape index (κ3) is 6.29. The molecule has 2 aliphatic rings. The molecule has 0 atom stereocenters. The van der Waals surface area contributed by atoms with Gasteiger partial charge < -0.3 is 4.90 Å². The van der Waals surface area contributed by atoms with Gasteiger partial charge in [0.1, 0.15) is 0 Å². The minimum absolute atomic E-state index is 0.586. The van der Waals surface area contributed by atoms with E-state index in [1.165, 1.54) is 94.2 Å². The normalized spacial score (nSPS) is 13.4. The van der Waals surface area contributed by atoms with Gasteiger partial charge in [0.25, 0.3) is 0 Å². The lowest BCUT2D eigenvalue weighted by atomic mass is 9.67. The Kier molecular flexibility index (Phi) is 10.0. The van der Waals surface area contributed by atoms with Crippen molar-refractivity contribution in [2.45, 2.75) is 10.8 Å². The van der Waals surface area contributed by atoms with Crippen LogP contribution in [0.2, 0.25) is 0 Å². The molecule has 0 heterocycles. The molecule has 73 heavy (non-hydrogen) atoms. The third-order valence-corrected chi connectivity index (χ3v) is 15.8. The highest BCUT2D eigenvalue weighted by molar-refractivity contribution is 6.10. The van der Waals surface area contributed by atoms with E-state index in [1.54, 1.807) is 0 Å². The number of hydrogen-bond donors (Lipinski definition) is 0. The lowest BCUT2D eigenvalue weighted by Gasteiger charge is -2.36. The smallest absolute Gasteiger partial charge is 0.0714 e. The van der Waals surface area contributed by atoms with E-state index < -0.39 is 10.8 Å². The molecule has 2 aliphatic carbocycles. The SMILES string of the molecule is c1ccc(-c2cccc3cccc(-c4ccccc4N(c4cccc5c4-c4ccccc4C5(c4ccccc4)c4ccccc4)c4cccc5c4-c4ccccc4C5(c4ccccc4)c4ccccc4)c23)cc1. The molecule has 0 unspecified atom stereocenters. The number of anilines is 3. The standard InChI is InChI=1S/C72H49N/c1-6-26-50(27-7-1)56-41-22-28-51-29-23-42-58(68(51)56)57-38-18-21-47-65(57)73(66-48-24-45-63-69(66)59-39-16-19-43-61(59)71(63,52-30-8-2-9-31-52)53-32-10-3-11-33-53)67-49-25-46-64-70(67)60-40-17-20-44-62(60)72(64,54-34-12-4-13-35-54)55-36-14-5-15-37-55/h1-49H. The highest BCUT2D eigenvalue weighted by Crippen LogP contribution is 2.63. The summed E-state index contributed by atoms with van der Waals surface area (Å²) in [4.78, 5) is 2.63. The average Bonchev–Trinajstić information content (AvgIpc) is 3.96. The van der Waals surface area contributed by atoms with Gasteiger partial charge in [-0.2, -0.15) is 0 Å². The van der Waals surface area contributed by atoms with Crippen LogP contribution in [0.4, 0.5) is 17.1 Å². The topological polar surface area (TPSA) is 3.24 Å². The Hall–Kier alpha value is -9.30. The van der Waals surface area contributed by atoms with Crippen LogP contribution < -0.4 is 4.90 Å². The number of benzene rings is 12. The molecule has 0 amide bonds. The molecular formula is C72H49N. The molecule has 0 aromatic heterocycles. The van der Waals surface area contributed by atoms with Crippen molar-refractivity contribution in [3.8, 4) is 44.5 Å². The van der Waals surface area contributed by atoms with Crippen molar-refractivity contribution in [3.63, 3.8) is 0 Å². The quantitative estimate of drug-likeness (QED) is 0.139. The summed E-state index contributed by atoms with van der Waals surface area (Å²) in [6.45, 7) is 0. The van der Waals surface area contributed by atoms with Crippen LogP contribution in [0.3, 0.4) is 0 Å². The molecule has 0 radical (unpaired) electrons. The van der Waals surface area contributed by atoms with E-state index in [2.05, 4.69) is 302 Å². The molecular weight excluding hydrogens is 879 g/mol. The molecule has 0 spiro atoms. The molecule has 342 valence electrons. The van der Waals surface area contributed by atoms with Gasteiger partial charge in [-0.3, -0.25) is 0 Å². The number of rotatable bonds is 9. The highest BCUT2D eigenvalue weighted by atomic mass is 15.2. The van der Waals surface area contributed by atoms with Gasteiger partial charge in [-0.25, -0.2) is 0 Å². The molecule has 0 bridgehead atoms. The molecule has 0 saturated heterocycles. The molecule has 12 aromatic carbocycles. The Morgan fingerprint density at radius 1 is 0.219 bits per heavy atom.